The molecular weight excluding hydrogens is 240 g/mol. The van der Waals surface area contributed by atoms with Crippen molar-refractivity contribution in [1.29, 1.82) is 0 Å². The molecule has 0 amide bonds. The molecule has 0 bridgehead atoms. The van der Waals surface area contributed by atoms with Crippen molar-refractivity contribution < 1.29 is 24.5 Å². The Morgan fingerprint density at radius 1 is 1.44 bits per heavy atom. The zero-order chi connectivity index (χ0) is 13.7. The molecule has 100 valence electrons. The molecule has 0 aliphatic rings. The van der Waals surface area contributed by atoms with E-state index in [4.69, 9.17) is 10.5 Å². The van der Waals surface area contributed by atoms with Gasteiger partial charge in [0.25, 0.3) is 0 Å². The number of rotatable bonds is 5. The zero-order valence-corrected chi connectivity index (χ0v) is 10.2. The number of methoxy groups -OCH3 is 2. The Morgan fingerprint density at radius 3 is 2.67 bits per heavy atom. The molecule has 7 nitrogen and oxygen atoms in total. The molecule has 2 unspecified atom stereocenters. The number of nitrogens with zero attached hydrogens (tertiary/aromatic N) is 1. The fraction of sp³-hybridized carbons (Fsp3) is 0.455. The largest absolute Gasteiger partial charge is 0.481 e. The molecule has 1 aromatic heterocycles. The van der Waals surface area contributed by atoms with Crippen molar-refractivity contribution in [2.45, 2.75) is 18.6 Å². The van der Waals surface area contributed by atoms with E-state index in [2.05, 4.69) is 9.72 Å². The van der Waals surface area contributed by atoms with E-state index in [1.165, 1.54) is 26.4 Å². The molecule has 2 atom stereocenters. The van der Waals surface area contributed by atoms with E-state index in [-0.39, 0.29) is 23.7 Å². The van der Waals surface area contributed by atoms with Gasteiger partial charge in [0.05, 0.1) is 38.1 Å². The average Bonchev–Trinajstić information content (AvgIpc) is 2.38. The highest BCUT2D eigenvalue weighted by Crippen LogP contribution is 2.25. The van der Waals surface area contributed by atoms with Crippen LogP contribution in [0.3, 0.4) is 0 Å². The van der Waals surface area contributed by atoms with Crippen molar-refractivity contribution in [2.75, 3.05) is 20.0 Å². The lowest BCUT2D eigenvalue weighted by molar-refractivity contribution is -0.144. The topological polar surface area (TPSA) is 115 Å². The Balaban J connectivity index is 2.88. The summed E-state index contributed by atoms with van der Waals surface area (Å²) in [6.07, 6.45) is -3.09. The quantitative estimate of drug-likeness (QED) is 0.615. The van der Waals surface area contributed by atoms with E-state index in [0.29, 0.717) is 0 Å². The Bertz CT molecular complexity index is 424. The van der Waals surface area contributed by atoms with Crippen LogP contribution in [0.15, 0.2) is 12.1 Å². The van der Waals surface area contributed by atoms with E-state index in [9.17, 15) is 15.0 Å². The second-order valence-electron chi connectivity index (χ2n) is 3.62. The SMILES string of the molecule is COC(=O)CC(O)C(O)c1nc(OC)ccc1N. The third-order valence-corrected chi connectivity index (χ3v) is 2.39. The van der Waals surface area contributed by atoms with Crippen LogP contribution in [0.4, 0.5) is 5.69 Å². The first-order chi connectivity index (χ1) is 8.49. The molecule has 1 rings (SSSR count). The molecule has 0 aliphatic carbocycles. The Hall–Kier alpha value is -1.86. The number of pyridine rings is 1. The number of hydrogen-bond acceptors (Lipinski definition) is 7. The smallest absolute Gasteiger partial charge is 0.308 e. The van der Waals surface area contributed by atoms with Gasteiger partial charge >= 0.3 is 5.97 Å². The molecule has 0 radical (unpaired) electrons. The number of aliphatic hydroxyl groups excluding tert-OH is 2. The van der Waals surface area contributed by atoms with Gasteiger partial charge in [0, 0.05) is 6.07 Å². The van der Waals surface area contributed by atoms with Crippen molar-refractivity contribution in [2.24, 2.45) is 0 Å². The highest BCUT2D eigenvalue weighted by molar-refractivity contribution is 5.69. The average molecular weight is 256 g/mol. The number of hydrogen-bond donors (Lipinski definition) is 3. The van der Waals surface area contributed by atoms with Crippen LogP contribution in [0, 0.1) is 0 Å². The van der Waals surface area contributed by atoms with E-state index < -0.39 is 18.2 Å². The first-order valence-corrected chi connectivity index (χ1v) is 5.23. The molecule has 4 N–H and O–H groups in total. The minimum atomic E-state index is -1.39. The third-order valence-electron chi connectivity index (χ3n) is 2.39. The molecule has 7 heteroatoms. The number of esters is 1. The zero-order valence-electron chi connectivity index (χ0n) is 10.2. The van der Waals surface area contributed by atoms with Gasteiger partial charge < -0.3 is 25.4 Å². The molecule has 0 aliphatic heterocycles. The van der Waals surface area contributed by atoms with Crippen molar-refractivity contribution in [3.63, 3.8) is 0 Å². The van der Waals surface area contributed by atoms with Gasteiger partial charge in [-0.05, 0) is 6.07 Å². The van der Waals surface area contributed by atoms with Crippen molar-refractivity contribution >= 4 is 11.7 Å². The van der Waals surface area contributed by atoms with Crippen LogP contribution in [0.25, 0.3) is 0 Å². The van der Waals surface area contributed by atoms with Crippen LogP contribution in [-0.2, 0) is 9.53 Å². The number of aliphatic hydroxyl groups is 2. The molecule has 18 heavy (non-hydrogen) atoms. The highest BCUT2D eigenvalue weighted by Gasteiger charge is 2.25. The summed E-state index contributed by atoms with van der Waals surface area (Å²) in [7, 11) is 2.61. The molecule has 0 saturated carbocycles. The minimum Gasteiger partial charge on any atom is -0.481 e. The minimum absolute atomic E-state index is 0.0609. The number of ether oxygens (including phenoxy) is 2. The van der Waals surface area contributed by atoms with Gasteiger partial charge in [-0.15, -0.1) is 0 Å². The first-order valence-electron chi connectivity index (χ1n) is 5.23. The lowest BCUT2D eigenvalue weighted by atomic mass is 10.1. The summed E-state index contributed by atoms with van der Waals surface area (Å²) in [4.78, 5) is 14.9. The number of nitrogens with two attached hydrogens (primary N) is 1. The van der Waals surface area contributed by atoms with Gasteiger partial charge in [0.1, 0.15) is 6.10 Å². The van der Waals surface area contributed by atoms with Crippen molar-refractivity contribution in [3.05, 3.63) is 17.8 Å². The maximum atomic E-state index is 11.0. The monoisotopic (exact) mass is 256 g/mol. The van der Waals surface area contributed by atoms with Gasteiger partial charge in [-0.3, -0.25) is 4.79 Å². The Kier molecular flexibility index (Phi) is 4.87. The summed E-state index contributed by atoms with van der Waals surface area (Å²) in [5, 5.41) is 19.6. The van der Waals surface area contributed by atoms with E-state index in [0.717, 1.165) is 0 Å². The van der Waals surface area contributed by atoms with Crippen LogP contribution >= 0.6 is 0 Å². The maximum Gasteiger partial charge on any atom is 0.308 e. The van der Waals surface area contributed by atoms with Crippen molar-refractivity contribution in [1.82, 2.24) is 4.98 Å². The Labute approximate surface area is 104 Å². The number of nitrogen functional groups attached to an aromatic ring is 1. The highest BCUT2D eigenvalue weighted by atomic mass is 16.5. The summed E-state index contributed by atoms with van der Waals surface area (Å²) in [6.45, 7) is 0. The summed E-state index contributed by atoms with van der Waals surface area (Å²) in [6, 6.07) is 3.02. The second-order valence-corrected chi connectivity index (χ2v) is 3.62. The van der Waals surface area contributed by atoms with Crippen LogP contribution in [-0.4, -0.2) is 41.5 Å². The standard InChI is InChI=1S/C11H16N2O5/c1-17-8-4-3-6(12)10(13-8)11(16)7(14)5-9(15)18-2/h3-4,7,11,14,16H,5,12H2,1-2H3. The summed E-state index contributed by atoms with van der Waals surface area (Å²) >= 11 is 0. The van der Waals surface area contributed by atoms with E-state index in [1.54, 1.807) is 0 Å². The van der Waals surface area contributed by atoms with Crippen LogP contribution in [0.2, 0.25) is 0 Å². The lowest BCUT2D eigenvalue weighted by Crippen LogP contribution is -2.24. The van der Waals surface area contributed by atoms with Gasteiger partial charge in [-0.2, -0.15) is 0 Å². The fourth-order valence-corrected chi connectivity index (χ4v) is 1.37. The van der Waals surface area contributed by atoms with Crippen LogP contribution in [0.5, 0.6) is 5.88 Å². The van der Waals surface area contributed by atoms with E-state index in [1.807, 2.05) is 0 Å². The first kappa shape index (κ1) is 14.2. The second kappa shape index (κ2) is 6.18. The molecule has 1 heterocycles. The number of anilines is 1. The normalized spacial score (nSPS) is 13.8. The number of carbonyl (C=O) groups is 1. The van der Waals surface area contributed by atoms with Gasteiger partial charge in [0.15, 0.2) is 0 Å². The Morgan fingerprint density at radius 2 is 2.11 bits per heavy atom. The molecule has 0 fully saturated rings. The molecular formula is C11H16N2O5. The van der Waals surface area contributed by atoms with Gasteiger partial charge in [0.2, 0.25) is 5.88 Å². The number of aromatic nitrogens is 1. The van der Waals surface area contributed by atoms with Gasteiger partial charge in [-0.25, -0.2) is 4.98 Å². The van der Waals surface area contributed by atoms with E-state index >= 15 is 0 Å². The predicted molar refractivity (Wildman–Crippen MR) is 62.8 cm³/mol. The lowest BCUT2D eigenvalue weighted by Gasteiger charge is -2.18. The molecule has 0 saturated heterocycles. The fourth-order valence-electron chi connectivity index (χ4n) is 1.37. The third kappa shape index (κ3) is 3.31. The van der Waals surface area contributed by atoms with Crippen LogP contribution < -0.4 is 10.5 Å². The van der Waals surface area contributed by atoms with Crippen LogP contribution in [0.1, 0.15) is 18.2 Å². The van der Waals surface area contributed by atoms with Crippen molar-refractivity contribution in [3.8, 4) is 5.88 Å². The molecule has 1 aromatic rings. The summed E-state index contributed by atoms with van der Waals surface area (Å²) < 4.78 is 9.29. The van der Waals surface area contributed by atoms with Gasteiger partial charge in [-0.1, -0.05) is 0 Å². The molecule has 0 spiro atoms. The summed E-state index contributed by atoms with van der Waals surface area (Å²) in [5.74, 6) is -0.383. The predicted octanol–water partition coefficient (Wildman–Crippen LogP) is -0.370. The number of carbonyl (C=O) groups excluding carboxylic acids is 1. The molecule has 0 aromatic carbocycles. The summed E-state index contributed by atoms with van der Waals surface area (Å²) in [5.41, 5.74) is 5.90. The maximum absolute atomic E-state index is 11.0.